The van der Waals surface area contributed by atoms with Crippen LogP contribution in [-0.4, -0.2) is 16.2 Å². The van der Waals surface area contributed by atoms with Gasteiger partial charge in [-0.25, -0.2) is 4.79 Å². The van der Waals surface area contributed by atoms with Crippen LogP contribution < -0.4 is 11.2 Å². The number of rotatable bonds is 6. The molecule has 1 aliphatic carbocycles. The molecule has 0 bridgehead atoms. The Morgan fingerprint density at radius 1 is 1.32 bits per heavy atom. The molecule has 0 aliphatic heterocycles. The Labute approximate surface area is 130 Å². The molecule has 0 amide bonds. The van der Waals surface area contributed by atoms with Crippen molar-refractivity contribution in [1.82, 2.24) is 9.55 Å². The zero-order chi connectivity index (χ0) is 16.1. The minimum Gasteiger partial charge on any atom is -0.361 e. The van der Waals surface area contributed by atoms with Crippen molar-refractivity contribution in [3.8, 4) is 0 Å². The van der Waals surface area contributed by atoms with Gasteiger partial charge in [0.05, 0.1) is 0 Å². The van der Waals surface area contributed by atoms with Crippen LogP contribution in [0.2, 0.25) is 0 Å². The van der Waals surface area contributed by atoms with Crippen molar-refractivity contribution >= 4 is 0 Å². The first-order valence-corrected chi connectivity index (χ1v) is 7.83. The van der Waals surface area contributed by atoms with Gasteiger partial charge in [-0.05, 0) is 31.3 Å². The van der Waals surface area contributed by atoms with Crippen molar-refractivity contribution in [2.75, 3.05) is 6.61 Å². The van der Waals surface area contributed by atoms with E-state index in [4.69, 9.17) is 4.74 Å². The average molecular weight is 304 g/mol. The highest BCUT2D eigenvalue weighted by Gasteiger charge is 2.18. The minimum atomic E-state index is -0.404. The van der Waals surface area contributed by atoms with E-state index in [0.717, 1.165) is 24.1 Å². The molecule has 1 heterocycles. The van der Waals surface area contributed by atoms with Crippen LogP contribution in [-0.2, 0) is 17.9 Å². The van der Waals surface area contributed by atoms with Gasteiger partial charge in [0.25, 0.3) is 5.56 Å². The van der Waals surface area contributed by atoms with Crippen LogP contribution >= 0.6 is 0 Å². The van der Waals surface area contributed by atoms with Gasteiger partial charge in [0.15, 0.2) is 0 Å². The third-order valence-electron chi connectivity index (χ3n) is 3.79. The summed E-state index contributed by atoms with van der Waals surface area (Å²) in [5.74, 6) is 0.0420. The molecule has 1 aliphatic rings. The first-order valence-electron chi connectivity index (χ1n) is 7.83. The van der Waals surface area contributed by atoms with Crippen molar-refractivity contribution < 1.29 is 4.74 Å². The van der Waals surface area contributed by atoms with E-state index in [0.29, 0.717) is 18.6 Å². The summed E-state index contributed by atoms with van der Waals surface area (Å²) in [6.07, 6.45) is 8.99. The summed E-state index contributed by atoms with van der Waals surface area (Å²) in [6.45, 7) is 6.50. The normalized spacial score (nSPS) is 14.5. The van der Waals surface area contributed by atoms with Gasteiger partial charge in [-0.2, -0.15) is 0 Å². The highest BCUT2D eigenvalue weighted by Crippen LogP contribution is 2.20. The lowest BCUT2D eigenvalue weighted by atomic mass is 9.96. The third-order valence-corrected chi connectivity index (χ3v) is 3.79. The fourth-order valence-electron chi connectivity index (χ4n) is 2.73. The number of hydrogen-bond donors (Lipinski definition) is 1. The van der Waals surface area contributed by atoms with Gasteiger partial charge in [-0.1, -0.05) is 32.1 Å². The van der Waals surface area contributed by atoms with Crippen molar-refractivity contribution in [2.24, 2.45) is 0 Å². The second-order valence-corrected chi connectivity index (χ2v) is 5.76. The average Bonchev–Trinajstić information content (AvgIpc) is 2.47. The van der Waals surface area contributed by atoms with Crippen LogP contribution in [0.3, 0.4) is 0 Å². The summed E-state index contributed by atoms with van der Waals surface area (Å²) in [5.41, 5.74) is 1.87. The fourth-order valence-corrected chi connectivity index (χ4v) is 2.73. The molecular formula is C17H24N2O3. The molecule has 0 atom stereocenters. The summed E-state index contributed by atoms with van der Waals surface area (Å²) in [6, 6.07) is 0. The number of hydrogen-bond acceptors (Lipinski definition) is 3. The highest BCUT2D eigenvalue weighted by atomic mass is 16.5. The van der Waals surface area contributed by atoms with Crippen LogP contribution in [0, 0.1) is 0 Å². The second-order valence-electron chi connectivity index (χ2n) is 5.76. The Hall–Kier alpha value is -1.88. The molecule has 1 aromatic heterocycles. The highest BCUT2D eigenvalue weighted by molar-refractivity contribution is 5.32. The van der Waals surface area contributed by atoms with Gasteiger partial charge in [-0.15, -0.1) is 0 Å². The molecule has 2 rings (SSSR count). The van der Waals surface area contributed by atoms with E-state index in [2.05, 4.69) is 23.2 Å². The first kappa shape index (κ1) is 16.5. The molecule has 0 spiro atoms. The molecular weight excluding hydrogens is 280 g/mol. The molecule has 120 valence electrons. The fraction of sp³-hybridized carbons (Fsp3) is 0.529. The predicted octanol–water partition coefficient (Wildman–Crippen LogP) is 2.47. The molecule has 0 unspecified atom stereocenters. The van der Waals surface area contributed by atoms with E-state index in [-0.39, 0.29) is 18.2 Å². The molecule has 0 saturated heterocycles. The first-order chi connectivity index (χ1) is 10.5. The SMILES string of the molecule is CCOCn1c(CC2=CCCC=C2)c(C(C)C)c(=O)[nH]c1=O. The van der Waals surface area contributed by atoms with Crippen molar-refractivity contribution in [3.05, 3.63) is 55.9 Å². The van der Waals surface area contributed by atoms with Crippen LogP contribution in [0.15, 0.2) is 33.4 Å². The van der Waals surface area contributed by atoms with Gasteiger partial charge >= 0.3 is 5.69 Å². The van der Waals surface area contributed by atoms with Crippen LogP contribution in [0.4, 0.5) is 0 Å². The lowest BCUT2D eigenvalue weighted by Gasteiger charge is -2.19. The molecule has 1 aromatic rings. The van der Waals surface area contributed by atoms with Gasteiger partial charge in [-0.3, -0.25) is 14.3 Å². The van der Waals surface area contributed by atoms with Crippen LogP contribution in [0.1, 0.15) is 50.8 Å². The van der Waals surface area contributed by atoms with Crippen LogP contribution in [0.25, 0.3) is 0 Å². The largest absolute Gasteiger partial charge is 0.361 e. The monoisotopic (exact) mass is 304 g/mol. The topological polar surface area (TPSA) is 64.1 Å². The maximum Gasteiger partial charge on any atom is 0.330 e. The number of nitrogens with one attached hydrogen (secondary N) is 1. The quantitative estimate of drug-likeness (QED) is 0.878. The Bertz CT molecular complexity index is 693. The van der Waals surface area contributed by atoms with E-state index in [1.807, 2.05) is 20.8 Å². The third kappa shape index (κ3) is 3.65. The van der Waals surface area contributed by atoms with Gasteiger partial charge in [0.1, 0.15) is 6.73 Å². The summed E-state index contributed by atoms with van der Waals surface area (Å²) in [7, 11) is 0. The Kier molecular flexibility index (Phi) is 5.55. The van der Waals surface area contributed by atoms with Gasteiger partial charge in [0, 0.05) is 24.3 Å². The lowest BCUT2D eigenvalue weighted by Crippen LogP contribution is -2.36. The van der Waals surface area contributed by atoms with Crippen molar-refractivity contribution in [1.29, 1.82) is 0 Å². The van der Waals surface area contributed by atoms with E-state index >= 15 is 0 Å². The van der Waals surface area contributed by atoms with E-state index in [9.17, 15) is 9.59 Å². The molecule has 1 N–H and O–H groups in total. The molecule has 0 saturated carbocycles. The molecule has 5 heteroatoms. The smallest absolute Gasteiger partial charge is 0.330 e. The van der Waals surface area contributed by atoms with Gasteiger partial charge in [0.2, 0.25) is 0 Å². The van der Waals surface area contributed by atoms with Crippen LogP contribution in [0.5, 0.6) is 0 Å². The lowest BCUT2D eigenvalue weighted by molar-refractivity contribution is 0.0821. The van der Waals surface area contributed by atoms with E-state index in [1.54, 1.807) is 4.57 Å². The zero-order valence-electron chi connectivity index (χ0n) is 13.5. The maximum atomic E-state index is 12.2. The molecule has 5 nitrogen and oxygen atoms in total. The summed E-state index contributed by atoms with van der Waals surface area (Å²) < 4.78 is 6.95. The number of aromatic amines is 1. The van der Waals surface area contributed by atoms with Crippen molar-refractivity contribution in [3.63, 3.8) is 0 Å². The zero-order valence-corrected chi connectivity index (χ0v) is 13.5. The summed E-state index contributed by atoms with van der Waals surface area (Å²) >= 11 is 0. The Morgan fingerprint density at radius 2 is 2.09 bits per heavy atom. The van der Waals surface area contributed by atoms with E-state index in [1.165, 1.54) is 0 Å². The molecule has 22 heavy (non-hydrogen) atoms. The Balaban J connectivity index is 2.54. The Morgan fingerprint density at radius 3 is 2.68 bits per heavy atom. The summed E-state index contributed by atoms with van der Waals surface area (Å²) in [5, 5.41) is 0. The second kappa shape index (κ2) is 7.40. The summed E-state index contributed by atoms with van der Waals surface area (Å²) in [4.78, 5) is 26.8. The number of ether oxygens (including phenoxy) is 1. The van der Waals surface area contributed by atoms with E-state index < -0.39 is 5.69 Å². The molecule has 0 fully saturated rings. The standard InChI is InChI=1S/C17H24N2O3/c1-4-22-11-19-14(10-13-8-6-5-7-9-13)15(12(2)3)16(20)18-17(19)21/h6,8-9,12H,4-5,7,10-11H2,1-3H3,(H,18,20,21). The molecule has 0 radical (unpaired) electrons. The number of nitrogens with zero attached hydrogens (tertiary/aromatic N) is 1. The molecule has 0 aromatic carbocycles. The number of aromatic nitrogens is 2. The number of allylic oxidation sites excluding steroid dienone is 4. The number of H-pyrrole nitrogens is 1. The van der Waals surface area contributed by atoms with Gasteiger partial charge < -0.3 is 4.74 Å². The predicted molar refractivity (Wildman–Crippen MR) is 87.2 cm³/mol. The maximum absolute atomic E-state index is 12.2. The van der Waals surface area contributed by atoms with Crippen molar-refractivity contribution in [2.45, 2.75) is 52.7 Å². The minimum absolute atomic E-state index is 0.0420.